The Morgan fingerprint density at radius 2 is 1.85 bits per heavy atom. The fraction of sp³-hybridized carbons (Fsp3) is 0.357. The molecule has 180 valence electrons. The number of allylic oxidation sites excluding steroid dienone is 1. The first-order valence-corrected chi connectivity index (χ1v) is 13.5. The summed E-state index contributed by atoms with van der Waals surface area (Å²) in [5, 5.41) is 0. The summed E-state index contributed by atoms with van der Waals surface area (Å²) in [7, 11) is 0. The third kappa shape index (κ3) is 7.73. The average Bonchev–Trinajstić information content (AvgIpc) is 2.81. The molecule has 4 nitrogen and oxygen atoms in total. The van der Waals surface area contributed by atoms with Crippen molar-refractivity contribution in [2.24, 2.45) is 5.92 Å². The first-order valence-electron chi connectivity index (χ1n) is 11.6. The number of ether oxygens (including phenoxy) is 1. The summed E-state index contributed by atoms with van der Waals surface area (Å²) in [6.07, 6.45) is 4.23. The zero-order valence-corrected chi connectivity index (χ0v) is 23.1. The minimum atomic E-state index is -0.275. The fourth-order valence-electron chi connectivity index (χ4n) is 3.93. The second kappa shape index (κ2) is 12.6. The summed E-state index contributed by atoms with van der Waals surface area (Å²) in [6.45, 7) is 11.6. The molecule has 1 fully saturated rings. The van der Waals surface area contributed by atoms with Crippen molar-refractivity contribution in [2.75, 3.05) is 19.7 Å². The van der Waals surface area contributed by atoms with Gasteiger partial charge in [-0.1, -0.05) is 72.8 Å². The minimum Gasteiger partial charge on any atom is -0.449 e. The Hall–Kier alpha value is -2.06. The van der Waals surface area contributed by atoms with Crippen LogP contribution in [0.25, 0.3) is 6.08 Å². The number of halogens is 1. The molecule has 0 radical (unpaired) electrons. The van der Waals surface area contributed by atoms with Crippen molar-refractivity contribution in [1.82, 2.24) is 4.90 Å². The van der Waals surface area contributed by atoms with Gasteiger partial charge in [0.05, 0.1) is 6.61 Å². The second-order valence-electron chi connectivity index (χ2n) is 8.96. The SMILES string of the molecule is C=C(CC(C)COC(=O)N1CCC(=Cc2ccccc2Sc2ccc(C)cc2C)CC1)C(=O)I. The smallest absolute Gasteiger partial charge is 0.409 e. The third-order valence-corrected chi connectivity index (χ3v) is 7.89. The van der Waals surface area contributed by atoms with Crippen molar-refractivity contribution < 1.29 is 14.3 Å². The van der Waals surface area contributed by atoms with E-state index in [1.165, 1.54) is 32.1 Å². The van der Waals surface area contributed by atoms with Gasteiger partial charge in [-0.05, 0) is 67.9 Å². The summed E-state index contributed by atoms with van der Waals surface area (Å²) < 4.78 is 5.45. The number of amides is 1. The molecule has 1 aliphatic rings. The molecule has 0 aromatic heterocycles. The van der Waals surface area contributed by atoms with Gasteiger partial charge in [0.2, 0.25) is 3.79 Å². The zero-order chi connectivity index (χ0) is 24.7. The lowest BCUT2D eigenvalue weighted by Gasteiger charge is -2.28. The van der Waals surface area contributed by atoms with E-state index >= 15 is 0 Å². The molecule has 2 aromatic carbocycles. The summed E-state index contributed by atoms with van der Waals surface area (Å²) in [4.78, 5) is 28.1. The van der Waals surface area contributed by atoms with E-state index in [1.807, 2.05) is 6.92 Å². The van der Waals surface area contributed by atoms with E-state index < -0.39 is 0 Å². The van der Waals surface area contributed by atoms with Gasteiger partial charge in [-0.15, -0.1) is 0 Å². The number of rotatable bonds is 8. The highest BCUT2D eigenvalue weighted by atomic mass is 127. The molecule has 6 heteroatoms. The van der Waals surface area contributed by atoms with E-state index in [0.29, 0.717) is 31.7 Å². The lowest BCUT2D eigenvalue weighted by Crippen LogP contribution is -2.37. The highest BCUT2D eigenvalue weighted by Crippen LogP contribution is 2.34. The Bertz CT molecular complexity index is 1080. The van der Waals surface area contributed by atoms with Gasteiger partial charge < -0.3 is 9.64 Å². The number of aryl methyl sites for hydroxylation is 2. The summed E-state index contributed by atoms with van der Waals surface area (Å²) >= 11 is 3.54. The number of piperidine rings is 1. The number of likely N-dealkylation sites (tertiary alicyclic amines) is 1. The van der Waals surface area contributed by atoms with Crippen LogP contribution < -0.4 is 0 Å². The molecule has 0 aliphatic carbocycles. The molecule has 1 saturated heterocycles. The van der Waals surface area contributed by atoms with Gasteiger partial charge in [-0.3, -0.25) is 4.79 Å². The van der Waals surface area contributed by atoms with Gasteiger partial charge in [0.15, 0.2) is 0 Å². The number of hydrogen-bond acceptors (Lipinski definition) is 4. The molecule has 1 atom stereocenters. The maximum Gasteiger partial charge on any atom is 0.409 e. The quantitative estimate of drug-likeness (QED) is 0.181. The van der Waals surface area contributed by atoms with Crippen molar-refractivity contribution in [2.45, 2.75) is 49.8 Å². The van der Waals surface area contributed by atoms with Crippen LogP contribution in [0, 0.1) is 19.8 Å². The van der Waals surface area contributed by atoms with Crippen LogP contribution in [0.4, 0.5) is 4.79 Å². The Labute approximate surface area is 221 Å². The standard InChI is InChI=1S/C28H32INO3S/c1-19-9-10-25(21(3)15-19)34-26-8-6-5-7-24(26)17-23-11-13-30(14-12-23)28(32)33-18-20(2)16-22(4)27(29)31/h5-10,15,17,20H,4,11-14,16,18H2,1-3H3. The normalized spacial score (nSPS) is 14.5. The van der Waals surface area contributed by atoms with Crippen molar-refractivity contribution in [3.05, 3.63) is 76.9 Å². The van der Waals surface area contributed by atoms with Gasteiger partial charge in [-0.25, -0.2) is 4.79 Å². The monoisotopic (exact) mass is 589 g/mol. The number of carbonyl (C=O) groups is 2. The Balaban J connectivity index is 1.55. The first kappa shape index (κ1) is 26.5. The number of hydrogen-bond donors (Lipinski definition) is 0. The second-order valence-corrected chi connectivity index (χ2v) is 11.0. The van der Waals surface area contributed by atoms with Gasteiger partial charge in [-0.2, -0.15) is 0 Å². The summed E-state index contributed by atoms with van der Waals surface area (Å²) in [5.41, 5.74) is 5.70. The molecule has 0 N–H and O–H groups in total. The van der Waals surface area contributed by atoms with E-state index in [2.05, 4.69) is 69.0 Å². The fourth-order valence-corrected chi connectivity index (χ4v) is 5.13. The van der Waals surface area contributed by atoms with Gasteiger partial charge in [0.25, 0.3) is 0 Å². The zero-order valence-electron chi connectivity index (χ0n) is 20.1. The number of nitrogens with zero attached hydrogens (tertiary/aromatic N) is 1. The van der Waals surface area contributed by atoms with Gasteiger partial charge in [0, 0.05) is 45.5 Å². The van der Waals surface area contributed by atoms with E-state index in [-0.39, 0.29) is 15.8 Å². The molecule has 0 spiro atoms. The van der Waals surface area contributed by atoms with Crippen LogP contribution >= 0.6 is 34.4 Å². The number of benzene rings is 2. The molecule has 2 aromatic rings. The summed E-state index contributed by atoms with van der Waals surface area (Å²) in [6, 6.07) is 15.1. The van der Waals surface area contributed by atoms with E-state index in [1.54, 1.807) is 39.3 Å². The maximum absolute atomic E-state index is 12.5. The highest BCUT2D eigenvalue weighted by molar-refractivity contribution is 14.1. The lowest BCUT2D eigenvalue weighted by molar-refractivity contribution is -0.106. The van der Waals surface area contributed by atoms with E-state index in [0.717, 1.165) is 12.8 Å². The molecule has 34 heavy (non-hydrogen) atoms. The lowest BCUT2D eigenvalue weighted by atomic mass is 10.0. The van der Waals surface area contributed by atoms with Crippen molar-refractivity contribution >= 4 is 50.3 Å². The minimum absolute atomic E-state index is 0.0416. The van der Waals surface area contributed by atoms with Crippen LogP contribution in [-0.2, 0) is 9.53 Å². The molecule has 0 saturated carbocycles. The molecule has 1 amide bonds. The van der Waals surface area contributed by atoms with Crippen molar-refractivity contribution in [3.8, 4) is 0 Å². The molecule has 1 aliphatic heterocycles. The molecule has 3 rings (SSSR count). The molecule has 1 unspecified atom stereocenters. The van der Waals surface area contributed by atoms with Crippen LogP contribution in [0.2, 0.25) is 0 Å². The maximum atomic E-state index is 12.5. The average molecular weight is 590 g/mol. The molecular formula is C28H32INO3S. The van der Waals surface area contributed by atoms with Gasteiger partial charge >= 0.3 is 6.09 Å². The number of carbonyl (C=O) groups excluding carboxylic acids is 2. The van der Waals surface area contributed by atoms with E-state index in [9.17, 15) is 9.59 Å². The van der Waals surface area contributed by atoms with Crippen LogP contribution in [0.5, 0.6) is 0 Å². The van der Waals surface area contributed by atoms with Crippen LogP contribution in [0.3, 0.4) is 0 Å². The predicted octanol–water partition coefficient (Wildman–Crippen LogP) is 7.61. The van der Waals surface area contributed by atoms with Gasteiger partial charge in [0.1, 0.15) is 0 Å². The largest absolute Gasteiger partial charge is 0.449 e. The molecular weight excluding hydrogens is 557 g/mol. The predicted molar refractivity (Wildman–Crippen MR) is 149 cm³/mol. The highest BCUT2D eigenvalue weighted by Gasteiger charge is 2.21. The molecule has 0 bridgehead atoms. The van der Waals surface area contributed by atoms with Crippen LogP contribution in [-0.4, -0.2) is 34.5 Å². The van der Waals surface area contributed by atoms with Crippen molar-refractivity contribution in [3.63, 3.8) is 0 Å². The Morgan fingerprint density at radius 1 is 1.15 bits per heavy atom. The van der Waals surface area contributed by atoms with Crippen molar-refractivity contribution in [1.29, 1.82) is 0 Å². The topological polar surface area (TPSA) is 46.6 Å². The van der Waals surface area contributed by atoms with Crippen LogP contribution in [0.15, 0.2) is 70.0 Å². The summed E-state index contributed by atoms with van der Waals surface area (Å²) in [5.74, 6) is 0.0709. The Kier molecular flexibility index (Phi) is 9.83. The van der Waals surface area contributed by atoms with E-state index in [4.69, 9.17) is 4.74 Å². The first-order chi connectivity index (χ1) is 16.2. The Morgan fingerprint density at radius 3 is 2.53 bits per heavy atom. The third-order valence-electron chi connectivity index (χ3n) is 5.86. The van der Waals surface area contributed by atoms with Crippen LogP contribution in [0.1, 0.15) is 42.9 Å². The molecule has 1 heterocycles.